The molecule has 0 aliphatic carbocycles. The Morgan fingerprint density at radius 3 is 1.87 bits per heavy atom. The molecule has 4 aromatic carbocycles. The third kappa shape index (κ3) is 7.37. The van der Waals surface area contributed by atoms with Crippen molar-refractivity contribution in [1.29, 1.82) is 0 Å². The Bertz CT molecular complexity index is 1900. The van der Waals surface area contributed by atoms with Crippen molar-refractivity contribution in [3.63, 3.8) is 0 Å². The summed E-state index contributed by atoms with van der Waals surface area (Å²) in [4.78, 5) is 36.7. The van der Waals surface area contributed by atoms with E-state index in [1.807, 2.05) is 72.8 Å². The lowest BCUT2D eigenvalue weighted by atomic mass is 10.1. The summed E-state index contributed by atoms with van der Waals surface area (Å²) in [6.07, 6.45) is 4.50. The van der Waals surface area contributed by atoms with Crippen molar-refractivity contribution in [2.75, 3.05) is 18.1 Å². The third-order valence-corrected chi connectivity index (χ3v) is 7.04. The predicted molar refractivity (Wildman–Crippen MR) is 174 cm³/mol. The third-order valence-electron chi connectivity index (χ3n) is 7.04. The van der Waals surface area contributed by atoms with Gasteiger partial charge < -0.3 is 23.5 Å². The summed E-state index contributed by atoms with van der Waals surface area (Å²) in [5, 5.41) is 1.80. The average molecular weight is 602 g/mol. The van der Waals surface area contributed by atoms with Crippen LogP contribution in [0.1, 0.15) is 11.1 Å². The van der Waals surface area contributed by atoms with Gasteiger partial charge in [-0.05, 0) is 59.7 Å². The van der Waals surface area contributed by atoms with Crippen LogP contribution in [0.15, 0.2) is 127 Å². The Morgan fingerprint density at radius 2 is 1.20 bits per heavy atom. The summed E-state index contributed by atoms with van der Waals surface area (Å²) >= 11 is 0. The van der Waals surface area contributed by atoms with Crippen molar-refractivity contribution in [3.8, 4) is 5.75 Å². The van der Waals surface area contributed by atoms with Gasteiger partial charge in [0, 0.05) is 71.0 Å². The number of carbonyl (C=O) groups is 3. The van der Waals surface area contributed by atoms with E-state index in [0.717, 1.165) is 57.2 Å². The number of esters is 3. The second kappa shape index (κ2) is 14.1. The molecule has 0 fully saturated rings. The fourth-order valence-corrected chi connectivity index (χ4v) is 4.87. The van der Waals surface area contributed by atoms with E-state index in [1.165, 1.54) is 0 Å². The van der Waals surface area contributed by atoms with Gasteiger partial charge in [-0.1, -0.05) is 44.0 Å². The molecule has 45 heavy (non-hydrogen) atoms. The molecular formula is C37H31NO7. The minimum Gasteiger partial charge on any atom is -0.462 e. The first kappa shape index (κ1) is 30.6. The van der Waals surface area contributed by atoms with Crippen LogP contribution in [0.5, 0.6) is 5.75 Å². The number of ether oxygens (including phenoxy) is 3. The predicted octanol–water partition coefficient (Wildman–Crippen LogP) is 7.69. The molecule has 0 spiro atoms. The summed E-state index contributed by atoms with van der Waals surface area (Å²) < 4.78 is 21.8. The summed E-state index contributed by atoms with van der Waals surface area (Å²) in [7, 11) is 0. The Hall–Kier alpha value is -5.89. The van der Waals surface area contributed by atoms with Crippen molar-refractivity contribution in [2.24, 2.45) is 0 Å². The zero-order chi connectivity index (χ0) is 31.8. The van der Waals surface area contributed by atoms with E-state index >= 15 is 0 Å². The maximum absolute atomic E-state index is 11.7. The fourth-order valence-electron chi connectivity index (χ4n) is 4.87. The summed E-state index contributed by atoms with van der Waals surface area (Å²) in [5.41, 5.74) is 5.88. The Kier molecular flexibility index (Phi) is 9.55. The molecule has 226 valence electrons. The van der Waals surface area contributed by atoms with Gasteiger partial charge in [0.25, 0.3) is 0 Å². The monoisotopic (exact) mass is 601 g/mol. The maximum atomic E-state index is 11.7. The van der Waals surface area contributed by atoms with Crippen LogP contribution in [0.3, 0.4) is 0 Å². The van der Waals surface area contributed by atoms with Crippen LogP contribution in [-0.2, 0) is 36.7 Å². The number of rotatable bonds is 13. The number of hydrogen-bond donors (Lipinski definition) is 0. The highest BCUT2D eigenvalue weighted by molar-refractivity contribution is 6.06. The number of furan rings is 1. The number of nitrogens with zero attached hydrogens (tertiary/aromatic N) is 1. The number of benzene rings is 4. The standard InChI is InChI=1S/C37H31NO7/c1-4-35(39)42-20-18-25-10-12-27(13-11-25)38(28-9-7-8-26(22-28)19-21-43-36(40)5-2)29-14-16-31-32-17-15-30(44-37(41)6-3)24-34(32)45-33(31)23-29/h4-17,22-24H,1-3,18-21H2. The van der Waals surface area contributed by atoms with E-state index in [4.69, 9.17) is 18.6 Å². The molecular weight excluding hydrogens is 570 g/mol. The Balaban J connectivity index is 1.50. The van der Waals surface area contributed by atoms with Crippen LogP contribution in [0.4, 0.5) is 17.1 Å². The lowest BCUT2D eigenvalue weighted by Gasteiger charge is -2.26. The maximum Gasteiger partial charge on any atom is 0.335 e. The highest BCUT2D eigenvalue weighted by Crippen LogP contribution is 2.39. The van der Waals surface area contributed by atoms with E-state index in [-0.39, 0.29) is 13.2 Å². The summed E-state index contributed by atoms with van der Waals surface area (Å²) in [5.74, 6) is -1.10. The molecule has 5 rings (SSSR count). The van der Waals surface area contributed by atoms with Crippen LogP contribution < -0.4 is 9.64 Å². The molecule has 5 aromatic rings. The minimum atomic E-state index is -0.548. The molecule has 0 amide bonds. The number of hydrogen-bond acceptors (Lipinski definition) is 8. The average Bonchev–Trinajstić information content (AvgIpc) is 3.42. The Labute approximate surface area is 260 Å². The van der Waals surface area contributed by atoms with E-state index in [1.54, 1.807) is 12.1 Å². The molecule has 0 aliphatic heterocycles. The van der Waals surface area contributed by atoms with E-state index < -0.39 is 17.9 Å². The molecule has 8 heteroatoms. The van der Waals surface area contributed by atoms with Gasteiger partial charge in [0.05, 0.1) is 13.2 Å². The molecule has 0 saturated carbocycles. The van der Waals surface area contributed by atoms with Gasteiger partial charge in [-0.15, -0.1) is 0 Å². The topological polar surface area (TPSA) is 95.3 Å². The Morgan fingerprint density at radius 1 is 0.622 bits per heavy atom. The SMILES string of the molecule is C=CC(=O)OCCc1ccc(N(c2cccc(CCOC(=O)C=C)c2)c2ccc3c(c2)oc2cc(OC(=O)C=C)ccc23)cc1. The summed E-state index contributed by atoms with van der Waals surface area (Å²) in [6.45, 7) is 10.8. The van der Waals surface area contributed by atoms with Crippen LogP contribution >= 0.6 is 0 Å². The van der Waals surface area contributed by atoms with E-state index in [0.29, 0.717) is 29.8 Å². The summed E-state index contributed by atoms with van der Waals surface area (Å²) in [6, 6.07) is 27.2. The largest absolute Gasteiger partial charge is 0.462 e. The van der Waals surface area contributed by atoms with Gasteiger partial charge >= 0.3 is 17.9 Å². The number of fused-ring (bicyclic) bond motifs is 3. The molecule has 0 aliphatic rings. The highest BCUT2D eigenvalue weighted by atomic mass is 16.5. The van der Waals surface area contributed by atoms with Crippen LogP contribution in [-0.4, -0.2) is 31.1 Å². The second-order valence-electron chi connectivity index (χ2n) is 9.98. The molecule has 0 atom stereocenters. The zero-order valence-electron chi connectivity index (χ0n) is 24.6. The van der Waals surface area contributed by atoms with Gasteiger partial charge in [0.1, 0.15) is 16.9 Å². The lowest BCUT2D eigenvalue weighted by molar-refractivity contribution is -0.138. The quantitative estimate of drug-likeness (QED) is 0.0770. The van der Waals surface area contributed by atoms with E-state index in [2.05, 4.69) is 24.6 Å². The zero-order valence-corrected chi connectivity index (χ0v) is 24.6. The highest BCUT2D eigenvalue weighted by Gasteiger charge is 2.17. The molecule has 0 unspecified atom stereocenters. The van der Waals surface area contributed by atoms with Gasteiger partial charge in [0.15, 0.2) is 0 Å². The second-order valence-corrected chi connectivity index (χ2v) is 9.98. The van der Waals surface area contributed by atoms with Crippen molar-refractivity contribution < 1.29 is 33.0 Å². The smallest absolute Gasteiger partial charge is 0.335 e. The van der Waals surface area contributed by atoms with Crippen LogP contribution in [0, 0.1) is 0 Å². The fraction of sp³-hybridized carbons (Fsp3) is 0.108. The van der Waals surface area contributed by atoms with E-state index in [9.17, 15) is 14.4 Å². The molecule has 0 N–H and O–H groups in total. The first-order chi connectivity index (χ1) is 21.9. The van der Waals surface area contributed by atoms with Crippen LogP contribution in [0.25, 0.3) is 21.9 Å². The van der Waals surface area contributed by atoms with Crippen molar-refractivity contribution in [3.05, 3.63) is 134 Å². The van der Waals surface area contributed by atoms with Gasteiger partial charge in [0.2, 0.25) is 0 Å². The van der Waals surface area contributed by atoms with Crippen molar-refractivity contribution >= 4 is 56.9 Å². The molecule has 1 aromatic heterocycles. The molecule has 0 radical (unpaired) electrons. The van der Waals surface area contributed by atoms with Crippen LogP contribution in [0.2, 0.25) is 0 Å². The first-order valence-electron chi connectivity index (χ1n) is 14.3. The lowest BCUT2D eigenvalue weighted by Crippen LogP contribution is -2.11. The van der Waals surface area contributed by atoms with Gasteiger partial charge in [-0.3, -0.25) is 0 Å². The van der Waals surface area contributed by atoms with Gasteiger partial charge in [-0.2, -0.15) is 0 Å². The molecule has 8 nitrogen and oxygen atoms in total. The number of anilines is 3. The van der Waals surface area contributed by atoms with Gasteiger partial charge in [-0.25, -0.2) is 14.4 Å². The number of carbonyl (C=O) groups excluding carboxylic acids is 3. The molecule has 0 bridgehead atoms. The normalized spacial score (nSPS) is 10.7. The van der Waals surface area contributed by atoms with Crippen molar-refractivity contribution in [2.45, 2.75) is 12.8 Å². The molecule has 0 saturated heterocycles. The minimum absolute atomic E-state index is 0.231. The van der Waals surface area contributed by atoms with Crippen molar-refractivity contribution in [1.82, 2.24) is 0 Å². The first-order valence-corrected chi connectivity index (χ1v) is 14.3. The molecule has 1 heterocycles.